The molecular formula is C15H16N2O2S. The highest BCUT2D eigenvalue weighted by atomic mass is 32.2. The highest BCUT2D eigenvalue weighted by Crippen LogP contribution is 2.35. The summed E-state index contributed by atoms with van der Waals surface area (Å²) < 4.78 is 10.9. The van der Waals surface area contributed by atoms with E-state index < -0.39 is 0 Å². The first-order valence-electron chi connectivity index (χ1n) is 6.44. The van der Waals surface area contributed by atoms with Crippen molar-refractivity contribution < 1.29 is 9.47 Å². The van der Waals surface area contributed by atoms with E-state index in [2.05, 4.69) is 22.4 Å². The van der Waals surface area contributed by atoms with Crippen molar-refractivity contribution in [3.8, 4) is 11.5 Å². The highest BCUT2D eigenvalue weighted by Gasteiger charge is 2.16. The average molecular weight is 288 g/mol. The molecule has 3 rings (SSSR count). The van der Waals surface area contributed by atoms with Gasteiger partial charge in [0.05, 0.1) is 5.03 Å². The molecule has 104 valence electrons. The molecule has 1 N–H and O–H groups in total. The molecule has 0 atom stereocenters. The molecule has 0 unspecified atom stereocenters. The summed E-state index contributed by atoms with van der Waals surface area (Å²) in [7, 11) is 0. The van der Waals surface area contributed by atoms with Gasteiger partial charge in [0.2, 0.25) is 6.79 Å². The van der Waals surface area contributed by atoms with Crippen LogP contribution in [-0.4, -0.2) is 18.0 Å². The molecule has 0 radical (unpaired) electrons. The first-order chi connectivity index (χ1) is 9.86. The number of hydrogen-bond donors (Lipinski definition) is 1. The van der Waals surface area contributed by atoms with Gasteiger partial charge >= 0.3 is 0 Å². The number of para-hydroxylation sites is 1. The van der Waals surface area contributed by atoms with Crippen LogP contribution < -0.4 is 14.8 Å². The summed E-state index contributed by atoms with van der Waals surface area (Å²) in [6.45, 7) is 1.87. The first kappa shape index (κ1) is 13.3. The maximum Gasteiger partial charge on any atom is 0.231 e. The second kappa shape index (κ2) is 6.15. The molecule has 1 aromatic carbocycles. The number of nitrogens with one attached hydrogen (secondary N) is 1. The molecule has 2 aromatic rings. The third kappa shape index (κ3) is 2.89. The van der Waals surface area contributed by atoms with Crippen molar-refractivity contribution in [3.63, 3.8) is 0 Å². The predicted octanol–water partition coefficient (Wildman–Crippen LogP) is 2.82. The number of thioether (sulfide) groups is 1. The van der Waals surface area contributed by atoms with Crippen molar-refractivity contribution in [2.75, 3.05) is 13.0 Å². The lowest BCUT2D eigenvalue weighted by Gasteiger charge is -2.08. The van der Waals surface area contributed by atoms with Gasteiger partial charge in [-0.1, -0.05) is 12.1 Å². The number of nitrogens with zero attached hydrogens (tertiary/aromatic N) is 1. The van der Waals surface area contributed by atoms with Crippen LogP contribution in [-0.2, 0) is 13.1 Å². The van der Waals surface area contributed by atoms with Crippen molar-refractivity contribution in [1.29, 1.82) is 0 Å². The van der Waals surface area contributed by atoms with E-state index in [1.807, 2.05) is 30.7 Å². The molecule has 0 saturated carbocycles. The van der Waals surface area contributed by atoms with E-state index in [1.54, 1.807) is 11.8 Å². The minimum atomic E-state index is 0.313. The lowest BCUT2D eigenvalue weighted by Crippen LogP contribution is -2.13. The molecule has 0 fully saturated rings. The van der Waals surface area contributed by atoms with E-state index in [0.29, 0.717) is 6.79 Å². The Morgan fingerprint density at radius 2 is 2.20 bits per heavy atom. The fourth-order valence-electron chi connectivity index (χ4n) is 2.14. The molecule has 0 spiro atoms. The third-order valence-electron chi connectivity index (χ3n) is 3.13. The van der Waals surface area contributed by atoms with E-state index in [9.17, 15) is 0 Å². The van der Waals surface area contributed by atoms with Gasteiger partial charge < -0.3 is 14.8 Å². The SMILES string of the molecule is CSc1cc(CNCc2cccc3c2OCO3)ccn1. The minimum absolute atomic E-state index is 0.313. The maximum atomic E-state index is 5.49. The monoisotopic (exact) mass is 288 g/mol. The predicted molar refractivity (Wildman–Crippen MR) is 79.1 cm³/mol. The molecule has 20 heavy (non-hydrogen) atoms. The molecule has 4 nitrogen and oxygen atoms in total. The number of fused-ring (bicyclic) bond motifs is 1. The van der Waals surface area contributed by atoms with Gasteiger partial charge in [-0.2, -0.15) is 0 Å². The van der Waals surface area contributed by atoms with E-state index in [-0.39, 0.29) is 0 Å². The number of ether oxygens (including phenoxy) is 2. The van der Waals surface area contributed by atoms with Gasteiger partial charge in [0.15, 0.2) is 11.5 Å². The van der Waals surface area contributed by atoms with Gasteiger partial charge in [0.1, 0.15) is 0 Å². The van der Waals surface area contributed by atoms with Crippen LogP contribution >= 0.6 is 11.8 Å². The van der Waals surface area contributed by atoms with Gasteiger partial charge in [0.25, 0.3) is 0 Å². The number of rotatable bonds is 5. The number of aromatic nitrogens is 1. The molecular weight excluding hydrogens is 272 g/mol. The Kier molecular flexibility index (Phi) is 4.08. The van der Waals surface area contributed by atoms with Crippen molar-refractivity contribution in [2.45, 2.75) is 18.1 Å². The third-order valence-corrected chi connectivity index (χ3v) is 3.77. The zero-order chi connectivity index (χ0) is 13.8. The zero-order valence-corrected chi connectivity index (χ0v) is 12.1. The van der Waals surface area contributed by atoms with Crippen LogP contribution in [0.4, 0.5) is 0 Å². The summed E-state index contributed by atoms with van der Waals surface area (Å²) in [6.07, 6.45) is 3.88. The van der Waals surface area contributed by atoms with Crippen LogP contribution in [0.3, 0.4) is 0 Å². The first-order valence-corrected chi connectivity index (χ1v) is 7.66. The van der Waals surface area contributed by atoms with Gasteiger partial charge in [-0.05, 0) is 30.0 Å². The number of benzene rings is 1. The van der Waals surface area contributed by atoms with Crippen LogP contribution in [0, 0.1) is 0 Å². The fourth-order valence-corrected chi connectivity index (χ4v) is 2.58. The van der Waals surface area contributed by atoms with Crippen molar-refractivity contribution in [3.05, 3.63) is 47.7 Å². The van der Waals surface area contributed by atoms with Crippen LogP contribution in [0.25, 0.3) is 0 Å². The topological polar surface area (TPSA) is 43.4 Å². The molecule has 0 aliphatic carbocycles. The highest BCUT2D eigenvalue weighted by molar-refractivity contribution is 7.98. The van der Waals surface area contributed by atoms with Crippen molar-refractivity contribution in [1.82, 2.24) is 10.3 Å². The van der Waals surface area contributed by atoms with Crippen molar-refractivity contribution in [2.24, 2.45) is 0 Å². The Hall–Kier alpha value is -1.72. The molecule has 2 heterocycles. The lowest BCUT2D eigenvalue weighted by atomic mass is 10.2. The van der Waals surface area contributed by atoms with Gasteiger partial charge in [0, 0.05) is 24.8 Å². The molecule has 1 aromatic heterocycles. The molecule has 1 aliphatic heterocycles. The van der Waals surface area contributed by atoms with E-state index in [1.165, 1.54) is 5.56 Å². The van der Waals surface area contributed by atoms with Crippen LogP contribution in [0.2, 0.25) is 0 Å². The second-order valence-electron chi connectivity index (χ2n) is 4.46. The fraction of sp³-hybridized carbons (Fsp3) is 0.267. The van der Waals surface area contributed by atoms with Crippen LogP contribution in [0.15, 0.2) is 41.6 Å². The molecule has 5 heteroatoms. The Morgan fingerprint density at radius 3 is 3.10 bits per heavy atom. The van der Waals surface area contributed by atoms with Gasteiger partial charge in [-0.25, -0.2) is 4.98 Å². The second-order valence-corrected chi connectivity index (χ2v) is 5.29. The smallest absolute Gasteiger partial charge is 0.231 e. The summed E-state index contributed by atoms with van der Waals surface area (Å²) in [5.41, 5.74) is 2.35. The number of hydrogen-bond acceptors (Lipinski definition) is 5. The maximum absolute atomic E-state index is 5.49. The Balaban J connectivity index is 1.61. The summed E-state index contributed by atoms with van der Waals surface area (Å²) in [4.78, 5) is 4.27. The normalized spacial score (nSPS) is 12.7. The summed E-state index contributed by atoms with van der Waals surface area (Å²) in [5, 5.41) is 4.47. The Bertz CT molecular complexity index is 604. The lowest BCUT2D eigenvalue weighted by molar-refractivity contribution is 0.173. The van der Waals surface area contributed by atoms with Gasteiger partial charge in [-0.3, -0.25) is 0 Å². The molecule has 0 bridgehead atoms. The van der Waals surface area contributed by atoms with E-state index in [0.717, 1.165) is 35.2 Å². The van der Waals surface area contributed by atoms with Crippen LogP contribution in [0.5, 0.6) is 11.5 Å². The molecule has 0 saturated heterocycles. The average Bonchev–Trinajstić information content (AvgIpc) is 2.97. The summed E-state index contributed by atoms with van der Waals surface area (Å²) in [5.74, 6) is 1.69. The van der Waals surface area contributed by atoms with E-state index >= 15 is 0 Å². The number of pyridine rings is 1. The summed E-state index contributed by atoms with van der Waals surface area (Å²) >= 11 is 1.65. The molecule has 1 aliphatic rings. The van der Waals surface area contributed by atoms with Crippen molar-refractivity contribution >= 4 is 11.8 Å². The summed E-state index contributed by atoms with van der Waals surface area (Å²) in [6, 6.07) is 10.1. The zero-order valence-electron chi connectivity index (χ0n) is 11.3. The minimum Gasteiger partial charge on any atom is -0.454 e. The molecule has 0 amide bonds. The van der Waals surface area contributed by atoms with Gasteiger partial charge in [-0.15, -0.1) is 11.8 Å². The Labute approximate surface area is 122 Å². The Morgan fingerprint density at radius 1 is 1.25 bits per heavy atom. The quantitative estimate of drug-likeness (QED) is 0.857. The largest absolute Gasteiger partial charge is 0.454 e. The van der Waals surface area contributed by atoms with E-state index in [4.69, 9.17) is 9.47 Å². The van der Waals surface area contributed by atoms with Crippen LogP contribution in [0.1, 0.15) is 11.1 Å². The standard InChI is InChI=1S/C15H16N2O2S/c1-20-14-7-11(5-6-17-14)8-16-9-12-3-2-4-13-15(12)19-10-18-13/h2-7,16H,8-10H2,1H3.